The van der Waals surface area contributed by atoms with Crippen LogP contribution in [-0.2, 0) is 6.54 Å². The van der Waals surface area contributed by atoms with Gasteiger partial charge in [-0.15, -0.1) is 15.3 Å². The first-order valence-corrected chi connectivity index (χ1v) is 7.98. The third-order valence-electron chi connectivity index (χ3n) is 4.14. The van der Waals surface area contributed by atoms with Crippen molar-refractivity contribution in [1.29, 1.82) is 0 Å². The maximum absolute atomic E-state index is 12.6. The standard InChI is InChI=1S/C16H13N7O2/c24-16-13-14(23(21-19-13)11-4-2-1-3-5-11)17-9-22(16)8-12-18-20-15(25-12)10-6-7-10/h1-5,9-10H,6-8H2. The smallest absolute Gasteiger partial charge is 0.284 e. The SMILES string of the molecule is O=c1c2nnn(-c3ccccc3)c2ncn1Cc1nnc(C2CC2)o1. The summed E-state index contributed by atoms with van der Waals surface area (Å²) in [6.45, 7) is 0.166. The predicted octanol–water partition coefficient (Wildman–Crippen LogP) is 1.29. The molecule has 1 saturated carbocycles. The summed E-state index contributed by atoms with van der Waals surface area (Å²) in [6.07, 6.45) is 3.61. The average molecular weight is 335 g/mol. The van der Waals surface area contributed by atoms with Gasteiger partial charge in [-0.1, -0.05) is 23.4 Å². The Balaban J connectivity index is 1.52. The Labute approximate surface area is 140 Å². The highest BCUT2D eigenvalue weighted by Crippen LogP contribution is 2.38. The van der Waals surface area contributed by atoms with Gasteiger partial charge in [0.2, 0.25) is 11.8 Å². The Morgan fingerprint density at radius 2 is 1.96 bits per heavy atom. The van der Waals surface area contributed by atoms with E-state index in [1.54, 1.807) is 4.68 Å². The van der Waals surface area contributed by atoms with E-state index in [4.69, 9.17) is 4.42 Å². The molecule has 3 heterocycles. The first-order chi connectivity index (χ1) is 12.3. The number of rotatable bonds is 4. The second kappa shape index (κ2) is 5.33. The van der Waals surface area contributed by atoms with Gasteiger partial charge in [-0.2, -0.15) is 4.68 Å². The maximum atomic E-state index is 12.6. The van der Waals surface area contributed by atoms with Crippen molar-refractivity contribution in [3.8, 4) is 5.69 Å². The average Bonchev–Trinajstić information content (AvgIpc) is 3.23. The van der Waals surface area contributed by atoms with Crippen LogP contribution in [0.4, 0.5) is 0 Å². The van der Waals surface area contributed by atoms with E-state index >= 15 is 0 Å². The fourth-order valence-corrected chi connectivity index (χ4v) is 2.67. The topological polar surface area (TPSA) is 105 Å². The van der Waals surface area contributed by atoms with Gasteiger partial charge in [0.15, 0.2) is 11.2 Å². The molecule has 25 heavy (non-hydrogen) atoms. The van der Waals surface area contributed by atoms with Gasteiger partial charge in [0.05, 0.1) is 5.69 Å². The molecule has 124 valence electrons. The molecule has 9 heteroatoms. The number of para-hydroxylation sites is 1. The summed E-state index contributed by atoms with van der Waals surface area (Å²) < 4.78 is 8.54. The van der Waals surface area contributed by atoms with Crippen LogP contribution in [0.1, 0.15) is 30.5 Å². The lowest BCUT2D eigenvalue weighted by molar-refractivity contribution is 0.436. The van der Waals surface area contributed by atoms with Crippen LogP contribution in [0, 0.1) is 0 Å². The molecule has 4 aromatic rings. The molecule has 0 unspecified atom stereocenters. The third kappa shape index (κ3) is 2.40. The van der Waals surface area contributed by atoms with E-state index in [-0.39, 0.29) is 17.6 Å². The summed E-state index contributed by atoms with van der Waals surface area (Å²) >= 11 is 0. The van der Waals surface area contributed by atoms with E-state index in [1.165, 1.54) is 10.9 Å². The molecule has 0 radical (unpaired) electrons. The van der Waals surface area contributed by atoms with Crippen LogP contribution in [0.25, 0.3) is 16.9 Å². The molecular weight excluding hydrogens is 322 g/mol. The van der Waals surface area contributed by atoms with Crippen LogP contribution in [0.15, 0.2) is 45.9 Å². The Morgan fingerprint density at radius 1 is 1.12 bits per heavy atom. The zero-order valence-electron chi connectivity index (χ0n) is 13.1. The second-order valence-corrected chi connectivity index (χ2v) is 5.99. The monoisotopic (exact) mass is 335 g/mol. The molecule has 9 nitrogen and oxygen atoms in total. The van der Waals surface area contributed by atoms with Crippen molar-refractivity contribution in [2.24, 2.45) is 0 Å². The van der Waals surface area contributed by atoms with Crippen LogP contribution >= 0.6 is 0 Å². The second-order valence-electron chi connectivity index (χ2n) is 5.99. The molecule has 1 aromatic carbocycles. The normalized spacial score (nSPS) is 14.2. The molecular formula is C16H13N7O2. The van der Waals surface area contributed by atoms with Gasteiger partial charge >= 0.3 is 0 Å². The van der Waals surface area contributed by atoms with Crippen molar-refractivity contribution in [2.75, 3.05) is 0 Å². The Kier molecular flexibility index (Phi) is 2.99. The van der Waals surface area contributed by atoms with E-state index < -0.39 is 0 Å². The van der Waals surface area contributed by atoms with Gasteiger partial charge in [-0.25, -0.2) is 4.98 Å². The summed E-state index contributed by atoms with van der Waals surface area (Å²) in [4.78, 5) is 17.0. The fraction of sp³-hybridized carbons (Fsp3) is 0.250. The van der Waals surface area contributed by atoms with Crippen LogP contribution in [0.2, 0.25) is 0 Å². The minimum absolute atomic E-state index is 0.166. The molecule has 0 atom stereocenters. The van der Waals surface area contributed by atoms with Gasteiger partial charge in [0, 0.05) is 5.92 Å². The van der Waals surface area contributed by atoms with E-state index in [2.05, 4.69) is 25.5 Å². The zero-order chi connectivity index (χ0) is 16.8. The molecule has 3 aromatic heterocycles. The lowest BCUT2D eigenvalue weighted by atomic mass is 10.3. The molecule has 0 spiro atoms. The molecule has 1 aliphatic carbocycles. The van der Waals surface area contributed by atoms with Gasteiger partial charge < -0.3 is 4.42 Å². The molecule has 0 aliphatic heterocycles. The number of hydrogen-bond acceptors (Lipinski definition) is 7. The molecule has 0 bridgehead atoms. The van der Waals surface area contributed by atoms with Crippen molar-refractivity contribution in [3.05, 3.63) is 58.8 Å². The number of aromatic nitrogens is 7. The first-order valence-electron chi connectivity index (χ1n) is 7.98. The fourth-order valence-electron chi connectivity index (χ4n) is 2.67. The van der Waals surface area contributed by atoms with Crippen molar-refractivity contribution in [1.82, 2.24) is 34.7 Å². The lowest BCUT2D eigenvalue weighted by Crippen LogP contribution is -2.21. The maximum Gasteiger partial charge on any atom is 0.284 e. The van der Waals surface area contributed by atoms with Crippen LogP contribution in [-0.4, -0.2) is 34.7 Å². The van der Waals surface area contributed by atoms with Crippen LogP contribution in [0.3, 0.4) is 0 Å². The van der Waals surface area contributed by atoms with Crippen LogP contribution in [0.5, 0.6) is 0 Å². The van der Waals surface area contributed by atoms with Gasteiger partial charge in [-0.05, 0) is 25.0 Å². The van der Waals surface area contributed by atoms with E-state index in [9.17, 15) is 4.79 Å². The summed E-state index contributed by atoms with van der Waals surface area (Å²) in [5.41, 5.74) is 1.11. The summed E-state index contributed by atoms with van der Waals surface area (Å²) in [5.74, 6) is 1.41. The molecule has 0 amide bonds. The highest BCUT2D eigenvalue weighted by molar-refractivity contribution is 5.70. The Morgan fingerprint density at radius 3 is 2.76 bits per heavy atom. The molecule has 0 N–H and O–H groups in total. The lowest BCUT2D eigenvalue weighted by Gasteiger charge is -2.03. The largest absolute Gasteiger partial charge is 0.423 e. The summed E-state index contributed by atoms with van der Waals surface area (Å²) in [7, 11) is 0. The van der Waals surface area contributed by atoms with Gasteiger partial charge in [0.25, 0.3) is 5.56 Å². The highest BCUT2D eigenvalue weighted by atomic mass is 16.4. The van der Waals surface area contributed by atoms with Crippen molar-refractivity contribution >= 4 is 11.2 Å². The number of fused-ring (bicyclic) bond motifs is 1. The molecule has 5 rings (SSSR count). The van der Waals surface area contributed by atoms with Crippen molar-refractivity contribution in [3.63, 3.8) is 0 Å². The molecule has 0 saturated heterocycles. The van der Waals surface area contributed by atoms with Crippen molar-refractivity contribution < 1.29 is 4.42 Å². The van der Waals surface area contributed by atoms with Gasteiger partial charge in [-0.3, -0.25) is 9.36 Å². The number of nitrogens with zero attached hydrogens (tertiary/aromatic N) is 7. The van der Waals surface area contributed by atoms with E-state index in [0.717, 1.165) is 18.5 Å². The first kappa shape index (κ1) is 14.0. The van der Waals surface area contributed by atoms with Crippen molar-refractivity contribution in [2.45, 2.75) is 25.3 Å². The van der Waals surface area contributed by atoms with E-state index in [1.807, 2.05) is 30.3 Å². The summed E-state index contributed by atoms with van der Waals surface area (Å²) in [5, 5.41) is 16.1. The van der Waals surface area contributed by atoms with E-state index in [0.29, 0.717) is 23.3 Å². The number of hydrogen-bond donors (Lipinski definition) is 0. The minimum Gasteiger partial charge on any atom is -0.423 e. The molecule has 1 fully saturated rings. The quantitative estimate of drug-likeness (QED) is 0.553. The van der Waals surface area contributed by atoms with Gasteiger partial charge in [0.1, 0.15) is 12.9 Å². The van der Waals surface area contributed by atoms with Crippen LogP contribution < -0.4 is 5.56 Å². The Hall–Kier alpha value is -3.36. The predicted molar refractivity (Wildman–Crippen MR) is 86.3 cm³/mol. The number of benzene rings is 1. The molecule has 1 aliphatic rings. The highest BCUT2D eigenvalue weighted by Gasteiger charge is 2.29. The third-order valence-corrected chi connectivity index (χ3v) is 4.14. The summed E-state index contributed by atoms with van der Waals surface area (Å²) in [6, 6.07) is 9.43. The Bertz CT molecular complexity index is 1110. The zero-order valence-corrected chi connectivity index (χ0v) is 13.1. The minimum atomic E-state index is -0.293.